The minimum atomic E-state index is 1.21. The molecular weight excluding hydrogens is 158 g/mol. The van der Waals surface area contributed by atoms with Gasteiger partial charge in [-0.15, -0.1) is 0 Å². The third-order valence-corrected chi connectivity index (χ3v) is 1.38. The molecule has 0 heterocycles. The van der Waals surface area contributed by atoms with Crippen LogP contribution in [0, 0.1) is 0 Å². The highest BCUT2D eigenvalue weighted by Gasteiger charge is 1.84. The smallest absolute Gasteiger partial charge is 0.0140 e. The van der Waals surface area contributed by atoms with Crippen LogP contribution in [0.4, 0.5) is 0 Å². The lowest BCUT2D eigenvalue weighted by Gasteiger charge is -1.93. The molecule has 0 N–H and O–H groups in total. The largest absolute Gasteiger partial charge is 0.312 e. The number of nitrogens with zero attached hydrogens (tertiary/aromatic N) is 1. The monoisotopic (exact) mass is 179 g/mol. The summed E-state index contributed by atoms with van der Waals surface area (Å²) in [5.74, 6) is 0. The molecule has 0 aliphatic rings. The Morgan fingerprint density at radius 1 is 1.00 bits per heavy atom. The molecule has 0 unspecified atom stereocenters. The first kappa shape index (κ1) is 12.2. The lowest BCUT2D eigenvalue weighted by Crippen LogP contribution is -1.99. The van der Waals surface area contributed by atoms with Crippen molar-refractivity contribution in [3.05, 3.63) is 35.9 Å². The average molecular weight is 179 g/mol. The molecule has 1 aromatic rings. The summed E-state index contributed by atoms with van der Waals surface area (Å²) in [6.07, 6.45) is 2.45. The van der Waals surface area contributed by atoms with E-state index in [2.05, 4.69) is 37.3 Å². The highest BCUT2D eigenvalue weighted by molar-refractivity contribution is 5.14. The van der Waals surface area contributed by atoms with Crippen molar-refractivity contribution in [1.82, 2.24) is 4.90 Å². The Hall–Kier alpha value is -0.820. The van der Waals surface area contributed by atoms with Crippen molar-refractivity contribution in [3.63, 3.8) is 0 Å². The lowest BCUT2D eigenvalue weighted by atomic mass is 10.1. The van der Waals surface area contributed by atoms with E-state index >= 15 is 0 Å². The molecule has 0 atom stereocenters. The van der Waals surface area contributed by atoms with Crippen molar-refractivity contribution in [2.24, 2.45) is 0 Å². The molecule has 0 amide bonds. The Morgan fingerprint density at radius 2 is 1.46 bits per heavy atom. The molecule has 1 heteroatoms. The minimum absolute atomic E-state index is 1.21. The van der Waals surface area contributed by atoms with Crippen LogP contribution in [0.15, 0.2) is 30.3 Å². The topological polar surface area (TPSA) is 3.24 Å². The fourth-order valence-electron chi connectivity index (χ4n) is 0.933. The first-order valence-electron chi connectivity index (χ1n) is 4.81. The van der Waals surface area contributed by atoms with Crippen LogP contribution in [0.2, 0.25) is 0 Å². The van der Waals surface area contributed by atoms with Gasteiger partial charge in [0.05, 0.1) is 0 Å². The average Bonchev–Trinajstić information content (AvgIpc) is 2.06. The van der Waals surface area contributed by atoms with Gasteiger partial charge in [0.1, 0.15) is 0 Å². The van der Waals surface area contributed by atoms with Gasteiger partial charge in [0.15, 0.2) is 0 Å². The van der Waals surface area contributed by atoms with E-state index in [1.165, 1.54) is 18.4 Å². The predicted molar refractivity (Wildman–Crippen MR) is 60.0 cm³/mol. The van der Waals surface area contributed by atoms with Crippen LogP contribution in [-0.4, -0.2) is 26.0 Å². The van der Waals surface area contributed by atoms with E-state index in [9.17, 15) is 0 Å². The molecule has 13 heavy (non-hydrogen) atoms. The van der Waals surface area contributed by atoms with Gasteiger partial charge in [-0.2, -0.15) is 0 Å². The van der Waals surface area contributed by atoms with Crippen molar-refractivity contribution >= 4 is 0 Å². The molecule has 0 aliphatic carbocycles. The van der Waals surface area contributed by atoms with Crippen LogP contribution in [-0.2, 0) is 6.42 Å². The summed E-state index contributed by atoms with van der Waals surface area (Å²) >= 11 is 0. The fourth-order valence-corrected chi connectivity index (χ4v) is 0.933. The summed E-state index contributed by atoms with van der Waals surface area (Å²) in [6.45, 7) is 2.20. The second-order valence-electron chi connectivity index (χ2n) is 3.58. The summed E-state index contributed by atoms with van der Waals surface area (Å²) in [5.41, 5.74) is 1.44. The second kappa shape index (κ2) is 7.81. The van der Waals surface area contributed by atoms with Gasteiger partial charge in [-0.25, -0.2) is 0 Å². The Balaban J connectivity index is 0.000000310. The lowest BCUT2D eigenvalue weighted by molar-refractivity contribution is 0.505. The molecule has 0 bridgehead atoms. The Labute approximate surface area is 82.4 Å². The van der Waals surface area contributed by atoms with Gasteiger partial charge in [-0.3, -0.25) is 0 Å². The molecular formula is C12H21N. The maximum absolute atomic E-state index is 2.20. The molecule has 0 radical (unpaired) electrons. The quantitative estimate of drug-likeness (QED) is 0.675. The molecule has 0 aromatic heterocycles. The summed E-state index contributed by atoms with van der Waals surface area (Å²) in [4.78, 5) is 2.00. The highest BCUT2D eigenvalue weighted by atomic mass is 15.0. The van der Waals surface area contributed by atoms with Gasteiger partial charge >= 0.3 is 0 Å². The van der Waals surface area contributed by atoms with Crippen molar-refractivity contribution in [3.8, 4) is 0 Å². The number of benzene rings is 1. The third-order valence-electron chi connectivity index (χ3n) is 1.38. The Morgan fingerprint density at radius 3 is 1.85 bits per heavy atom. The van der Waals surface area contributed by atoms with Crippen LogP contribution in [0.25, 0.3) is 0 Å². The highest BCUT2D eigenvalue weighted by Crippen LogP contribution is 2.00. The van der Waals surface area contributed by atoms with Crippen molar-refractivity contribution in [2.45, 2.75) is 19.8 Å². The van der Waals surface area contributed by atoms with E-state index in [0.717, 1.165) is 0 Å². The van der Waals surface area contributed by atoms with E-state index in [1.54, 1.807) is 0 Å². The first-order valence-corrected chi connectivity index (χ1v) is 4.81. The van der Waals surface area contributed by atoms with Gasteiger partial charge in [0.25, 0.3) is 0 Å². The van der Waals surface area contributed by atoms with E-state index in [-0.39, 0.29) is 0 Å². The first-order chi connectivity index (χ1) is 6.16. The van der Waals surface area contributed by atoms with E-state index in [4.69, 9.17) is 0 Å². The molecule has 1 aromatic carbocycles. The normalized spacial score (nSPS) is 9.31. The molecule has 1 rings (SSSR count). The third kappa shape index (κ3) is 9.09. The van der Waals surface area contributed by atoms with Crippen LogP contribution in [0.3, 0.4) is 0 Å². The molecule has 0 spiro atoms. The Bertz CT molecular complexity index is 189. The van der Waals surface area contributed by atoms with Crippen LogP contribution < -0.4 is 0 Å². The predicted octanol–water partition coefficient (Wildman–Crippen LogP) is 2.82. The van der Waals surface area contributed by atoms with Crippen molar-refractivity contribution < 1.29 is 0 Å². The van der Waals surface area contributed by atoms with E-state index < -0.39 is 0 Å². The van der Waals surface area contributed by atoms with Crippen LogP contribution >= 0.6 is 0 Å². The molecule has 1 nitrogen and oxygen atoms in total. The minimum Gasteiger partial charge on any atom is -0.312 e. The van der Waals surface area contributed by atoms with Gasteiger partial charge in [-0.1, -0.05) is 43.7 Å². The zero-order valence-electron chi connectivity index (χ0n) is 9.25. The summed E-state index contributed by atoms with van der Waals surface area (Å²) in [5, 5.41) is 0. The number of hydrogen-bond donors (Lipinski definition) is 0. The van der Waals surface area contributed by atoms with Gasteiger partial charge in [0, 0.05) is 0 Å². The Kier molecular flexibility index (Phi) is 7.32. The maximum Gasteiger partial charge on any atom is -0.0140 e. The number of rotatable bonds is 2. The standard InChI is InChI=1S/C9H12.C3H9N/c1-2-6-9-7-4-3-5-8-9;1-4(2)3/h3-5,7-8H,2,6H2,1H3;1-3H3. The number of aryl methyl sites for hydroxylation is 1. The molecule has 0 saturated heterocycles. The molecule has 0 saturated carbocycles. The van der Waals surface area contributed by atoms with Crippen LogP contribution in [0.5, 0.6) is 0 Å². The summed E-state index contributed by atoms with van der Waals surface area (Å²) in [7, 11) is 6.00. The van der Waals surface area contributed by atoms with Crippen LogP contribution in [0.1, 0.15) is 18.9 Å². The van der Waals surface area contributed by atoms with Gasteiger partial charge in [0.2, 0.25) is 0 Å². The SMILES string of the molecule is CCCc1ccccc1.CN(C)C. The maximum atomic E-state index is 2.20. The summed E-state index contributed by atoms with van der Waals surface area (Å²) in [6, 6.07) is 10.6. The fraction of sp³-hybridized carbons (Fsp3) is 0.500. The number of hydrogen-bond acceptors (Lipinski definition) is 1. The van der Waals surface area contributed by atoms with Crippen molar-refractivity contribution in [2.75, 3.05) is 21.1 Å². The molecule has 74 valence electrons. The van der Waals surface area contributed by atoms with E-state index in [0.29, 0.717) is 0 Å². The molecule has 0 aliphatic heterocycles. The molecule has 0 fully saturated rings. The summed E-state index contributed by atoms with van der Waals surface area (Å²) < 4.78 is 0. The van der Waals surface area contributed by atoms with Gasteiger partial charge in [-0.05, 0) is 33.1 Å². The van der Waals surface area contributed by atoms with Gasteiger partial charge < -0.3 is 4.90 Å². The zero-order chi connectivity index (χ0) is 10.1. The van der Waals surface area contributed by atoms with E-state index in [1.807, 2.05) is 26.0 Å². The van der Waals surface area contributed by atoms with Crippen molar-refractivity contribution in [1.29, 1.82) is 0 Å². The second-order valence-corrected chi connectivity index (χ2v) is 3.58. The zero-order valence-corrected chi connectivity index (χ0v) is 9.25.